The fourth-order valence-electron chi connectivity index (χ4n) is 5.89. The number of benzene rings is 2. The Morgan fingerprint density at radius 2 is 1.73 bits per heavy atom. The number of aromatic nitrogens is 2. The zero-order chi connectivity index (χ0) is 32.2. The van der Waals surface area contributed by atoms with Crippen LogP contribution in [0.5, 0.6) is 5.75 Å². The normalized spacial score (nSPS) is 17.7. The number of hydrogen-bond donors (Lipinski definition) is 0. The highest BCUT2D eigenvalue weighted by atomic mass is 35.5. The van der Waals surface area contributed by atoms with Gasteiger partial charge in [-0.1, -0.05) is 37.6 Å². The number of likely N-dealkylation sites (tertiary alicyclic amines) is 1. The molecule has 2 aliphatic heterocycles. The van der Waals surface area contributed by atoms with Crippen LogP contribution in [0, 0.1) is 17.2 Å². The van der Waals surface area contributed by atoms with Crippen molar-refractivity contribution in [2.45, 2.75) is 58.7 Å². The van der Waals surface area contributed by atoms with Gasteiger partial charge in [-0.3, -0.25) is 4.90 Å². The molecule has 2 fully saturated rings. The highest BCUT2D eigenvalue weighted by molar-refractivity contribution is 6.30. The van der Waals surface area contributed by atoms with Gasteiger partial charge in [0.05, 0.1) is 17.3 Å². The minimum absolute atomic E-state index is 0.207. The summed E-state index contributed by atoms with van der Waals surface area (Å²) in [5.74, 6) is 1.95. The number of nitrogens with zero attached hydrogens (tertiary/aromatic N) is 6. The summed E-state index contributed by atoms with van der Waals surface area (Å²) >= 11 is 6.27. The molecule has 3 aromatic rings. The Morgan fingerprint density at radius 1 is 1.00 bits per heavy atom. The van der Waals surface area contributed by atoms with Crippen molar-refractivity contribution in [2.75, 3.05) is 50.7 Å². The van der Waals surface area contributed by atoms with Crippen LogP contribution in [-0.2, 0) is 16.8 Å². The Morgan fingerprint density at radius 3 is 2.42 bits per heavy atom. The van der Waals surface area contributed by atoms with E-state index >= 15 is 0 Å². The van der Waals surface area contributed by atoms with Gasteiger partial charge in [-0.2, -0.15) is 5.26 Å². The molecular weight excluding hydrogens is 588 g/mol. The third-order valence-corrected chi connectivity index (χ3v) is 8.74. The van der Waals surface area contributed by atoms with Crippen molar-refractivity contribution >= 4 is 23.6 Å². The minimum atomic E-state index is -0.468. The van der Waals surface area contributed by atoms with Crippen molar-refractivity contribution in [3.8, 4) is 11.8 Å². The molecule has 5 rings (SSSR count). The van der Waals surface area contributed by atoms with Crippen LogP contribution in [0.4, 0.5) is 10.7 Å². The first-order valence-corrected chi connectivity index (χ1v) is 16.0. The SMILES string of the molecule is CC(C)(C)OC(=O)N1CCC(CN2CCN(c3nccc(COc4ccc(C(C)(C)c5cc(Cl)cc(C#N)c5)cc4)n3)CC2)C1. The molecule has 2 aromatic carbocycles. The van der Waals surface area contributed by atoms with Crippen molar-refractivity contribution in [1.82, 2.24) is 19.8 Å². The molecule has 0 N–H and O–H groups in total. The maximum absolute atomic E-state index is 12.4. The Hall–Kier alpha value is -3.87. The molecule has 2 aliphatic rings. The van der Waals surface area contributed by atoms with Gasteiger partial charge in [-0.05, 0) is 80.6 Å². The summed E-state index contributed by atoms with van der Waals surface area (Å²) in [5.41, 5.74) is 2.65. The summed E-state index contributed by atoms with van der Waals surface area (Å²) in [6, 6.07) is 17.6. The molecule has 238 valence electrons. The number of ether oxygens (including phenoxy) is 2. The van der Waals surface area contributed by atoms with Crippen molar-refractivity contribution in [2.24, 2.45) is 5.92 Å². The standard InChI is InChI=1S/C35H43ClN6O3/c1-34(2,3)45-33(43)42-13-11-25(23-42)22-40-14-16-41(17-15-40)32-38-12-10-30(39-32)24-44-31-8-6-27(7-9-31)35(4,5)28-18-26(21-37)19-29(36)20-28/h6-10,12,18-20,25H,11,13-17,22-24H2,1-5H3. The molecule has 10 heteroatoms. The summed E-state index contributed by atoms with van der Waals surface area (Å²) in [5, 5.41) is 9.91. The second-order valence-electron chi connectivity index (χ2n) is 13.5. The lowest BCUT2D eigenvalue weighted by Crippen LogP contribution is -2.48. The van der Waals surface area contributed by atoms with Crippen LogP contribution in [0.3, 0.4) is 0 Å². The highest BCUT2D eigenvalue weighted by Crippen LogP contribution is 2.34. The van der Waals surface area contributed by atoms with E-state index in [2.05, 4.69) is 34.7 Å². The van der Waals surface area contributed by atoms with Crippen molar-refractivity contribution < 1.29 is 14.3 Å². The number of anilines is 1. The van der Waals surface area contributed by atoms with Gasteiger partial charge in [0.25, 0.3) is 0 Å². The van der Waals surface area contributed by atoms with Crippen LogP contribution >= 0.6 is 11.6 Å². The van der Waals surface area contributed by atoms with Crippen LogP contribution < -0.4 is 9.64 Å². The van der Waals surface area contributed by atoms with E-state index < -0.39 is 5.60 Å². The molecule has 45 heavy (non-hydrogen) atoms. The van der Waals surface area contributed by atoms with Crippen molar-refractivity contribution in [3.63, 3.8) is 0 Å². The summed E-state index contributed by atoms with van der Waals surface area (Å²) in [6.45, 7) is 16.4. The van der Waals surface area contributed by atoms with E-state index in [-0.39, 0.29) is 11.5 Å². The second-order valence-corrected chi connectivity index (χ2v) is 13.9. The summed E-state index contributed by atoms with van der Waals surface area (Å²) < 4.78 is 11.6. The van der Waals surface area contributed by atoms with Crippen LogP contribution in [-0.4, -0.2) is 77.3 Å². The monoisotopic (exact) mass is 630 g/mol. The fraction of sp³-hybridized carbons (Fsp3) is 0.486. The minimum Gasteiger partial charge on any atom is -0.487 e. The maximum Gasteiger partial charge on any atom is 0.410 e. The molecule has 1 amide bonds. The molecular formula is C35H43ClN6O3. The largest absolute Gasteiger partial charge is 0.487 e. The Kier molecular flexibility index (Phi) is 9.85. The first-order valence-electron chi connectivity index (χ1n) is 15.6. The number of carbonyl (C=O) groups excluding carboxylic acids is 1. The summed E-state index contributed by atoms with van der Waals surface area (Å²) in [7, 11) is 0. The van der Waals surface area contributed by atoms with Crippen LogP contribution in [0.25, 0.3) is 0 Å². The third-order valence-electron chi connectivity index (χ3n) is 8.52. The first-order chi connectivity index (χ1) is 21.4. The topological polar surface area (TPSA) is 94.8 Å². The summed E-state index contributed by atoms with van der Waals surface area (Å²) in [4.78, 5) is 28.3. The Bertz CT molecular complexity index is 1520. The number of hydrogen-bond acceptors (Lipinski definition) is 8. The number of rotatable bonds is 8. The molecule has 0 spiro atoms. The van der Waals surface area contributed by atoms with E-state index in [1.54, 1.807) is 12.3 Å². The second kappa shape index (κ2) is 13.6. The van der Waals surface area contributed by atoms with Gasteiger partial charge in [-0.25, -0.2) is 14.8 Å². The van der Waals surface area contributed by atoms with E-state index in [1.165, 1.54) is 0 Å². The van der Waals surface area contributed by atoms with E-state index in [4.69, 9.17) is 26.1 Å². The van der Waals surface area contributed by atoms with E-state index in [9.17, 15) is 10.1 Å². The molecule has 1 unspecified atom stereocenters. The molecule has 1 aromatic heterocycles. The number of piperazine rings is 1. The molecule has 1 atom stereocenters. The lowest BCUT2D eigenvalue weighted by molar-refractivity contribution is 0.0285. The smallest absolute Gasteiger partial charge is 0.410 e. The van der Waals surface area contributed by atoms with Gasteiger partial charge in [0, 0.05) is 62.4 Å². The first kappa shape index (κ1) is 32.5. The van der Waals surface area contributed by atoms with Crippen LogP contribution in [0.2, 0.25) is 5.02 Å². The zero-order valence-electron chi connectivity index (χ0n) is 26.9. The molecule has 2 saturated heterocycles. The zero-order valence-corrected chi connectivity index (χ0v) is 27.7. The van der Waals surface area contributed by atoms with Gasteiger partial charge >= 0.3 is 6.09 Å². The van der Waals surface area contributed by atoms with Gasteiger partial charge in [0.1, 0.15) is 18.0 Å². The quantitative estimate of drug-likeness (QED) is 0.287. The lowest BCUT2D eigenvalue weighted by Gasteiger charge is -2.36. The molecule has 9 nitrogen and oxygen atoms in total. The van der Waals surface area contributed by atoms with Gasteiger partial charge in [0.2, 0.25) is 5.95 Å². The van der Waals surface area contributed by atoms with Gasteiger partial charge in [0.15, 0.2) is 0 Å². The van der Waals surface area contributed by atoms with Crippen LogP contribution in [0.15, 0.2) is 54.7 Å². The number of halogens is 1. The fourth-order valence-corrected chi connectivity index (χ4v) is 6.13. The average Bonchev–Trinajstić information content (AvgIpc) is 3.48. The Balaban J connectivity index is 1.10. The van der Waals surface area contributed by atoms with E-state index in [1.807, 2.05) is 68.1 Å². The number of nitriles is 1. The van der Waals surface area contributed by atoms with E-state index in [0.29, 0.717) is 23.1 Å². The molecule has 0 aliphatic carbocycles. The molecule has 0 saturated carbocycles. The molecule has 3 heterocycles. The predicted octanol–water partition coefficient (Wildman–Crippen LogP) is 6.29. The Labute approximate surface area is 271 Å². The lowest BCUT2D eigenvalue weighted by atomic mass is 9.78. The molecule has 0 radical (unpaired) electrons. The average molecular weight is 631 g/mol. The maximum atomic E-state index is 12.4. The predicted molar refractivity (Wildman–Crippen MR) is 176 cm³/mol. The van der Waals surface area contributed by atoms with Gasteiger partial charge in [-0.15, -0.1) is 0 Å². The number of carbonyl (C=O) groups is 1. The van der Waals surface area contributed by atoms with Gasteiger partial charge < -0.3 is 19.3 Å². The molecule has 0 bridgehead atoms. The van der Waals surface area contributed by atoms with Crippen molar-refractivity contribution in [3.05, 3.63) is 82.1 Å². The van der Waals surface area contributed by atoms with E-state index in [0.717, 1.165) is 80.8 Å². The van der Waals surface area contributed by atoms with Crippen molar-refractivity contribution in [1.29, 1.82) is 5.26 Å². The van der Waals surface area contributed by atoms with Crippen LogP contribution in [0.1, 0.15) is 63.4 Å². The highest BCUT2D eigenvalue weighted by Gasteiger charge is 2.31. The third kappa shape index (κ3) is 8.44. The summed E-state index contributed by atoms with van der Waals surface area (Å²) in [6.07, 6.45) is 2.60. The number of amides is 1.